The molecule has 8 aliphatic carbocycles. The van der Waals surface area contributed by atoms with Crippen LogP contribution in [-0.4, -0.2) is 36.1 Å². The van der Waals surface area contributed by atoms with Crippen molar-refractivity contribution in [3.8, 4) is 0 Å². The minimum Gasteiger partial charge on any atom is -0.465 e. The zero-order valence-electron chi connectivity index (χ0n) is 28.3. The predicted octanol–water partition coefficient (Wildman–Crippen LogP) is 11.7. The monoisotopic (exact) mass is 763 g/mol. The number of hydrogen-bond acceptors (Lipinski definition) is 7. The zero-order chi connectivity index (χ0) is 31.9. The first kappa shape index (κ1) is 50.1. The predicted molar refractivity (Wildman–Crippen MR) is 221 cm³/mol. The molecule has 54 heavy (non-hydrogen) atoms. The van der Waals surface area contributed by atoms with Crippen LogP contribution in [0.4, 0.5) is 0 Å². The summed E-state index contributed by atoms with van der Waals surface area (Å²) in [4.78, 5) is 53.8. The van der Waals surface area contributed by atoms with Gasteiger partial charge in [0.1, 0.15) is 5.60 Å². The minimum atomic E-state index is -0.502. The van der Waals surface area contributed by atoms with Crippen LogP contribution in [0.15, 0.2) is 0 Å². The molecule has 7 nitrogen and oxygen atoms in total. The van der Waals surface area contributed by atoms with Gasteiger partial charge in [-0.1, -0.05) is 80.2 Å². The summed E-state index contributed by atoms with van der Waals surface area (Å²) in [5, 5.41) is 0. The number of cyclic esters (lactones) is 3. The van der Waals surface area contributed by atoms with Gasteiger partial charge in [-0.15, -0.1) is 0 Å². The molecule has 0 radical (unpaired) electrons. The number of hydrogen-bond donors (Lipinski definition) is 0. The van der Waals surface area contributed by atoms with Crippen molar-refractivity contribution < 1.29 is 33.4 Å². The molecule has 0 amide bonds. The quantitative estimate of drug-likeness (QED) is 0.138. The third-order valence-corrected chi connectivity index (χ3v) is 16.9. The van der Waals surface area contributed by atoms with Crippen LogP contribution < -0.4 is 0 Å². The fraction of sp³-hybridized carbons (Fsp3) is 0.915. The molecule has 316 valence electrons. The van der Waals surface area contributed by atoms with Gasteiger partial charge < -0.3 is 14.2 Å². The van der Waals surface area contributed by atoms with Gasteiger partial charge in [0.2, 0.25) is 0 Å². The highest BCUT2D eigenvalue weighted by Gasteiger charge is 2.66. The van der Waals surface area contributed by atoms with Crippen LogP contribution >= 0.6 is 0 Å². The van der Waals surface area contributed by atoms with Crippen LogP contribution in [0.25, 0.3) is 0 Å². The summed E-state index contributed by atoms with van der Waals surface area (Å²) < 4.78 is 17.9. The lowest BCUT2D eigenvalue weighted by molar-refractivity contribution is -0.212. The Morgan fingerprint density at radius 1 is 0.759 bits per heavy atom. The van der Waals surface area contributed by atoms with Gasteiger partial charge in [0, 0.05) is 11.3 Å². The third kappa shape index (κ3) is 6.92. The molecule has 10 fully saturated rings. The van der Waals surface area contributed by atoms with Crippen molar-refractivity contribution in [1.29, 1.82) is 0 Å². The molecule has 0 N–H and O–H groups in total. The topological polar surface area (TPSA) is 96.0 Å². The first-order valence-electron chi connectivity index (χ1n) is 19.2. The molecule has 0 spiro atoms. The molecule has 0 aromatic carbocycles. The lowest BCUT2D eigenvalue weighted by Gasteiger charge is -2.62. The van der Waals surface area contributed by atoms with E-state index in [2.05, 4.69) is 20.8 Å². The second-order valence-corrected chi connectivity index (χ2v) is 18.5. The Hall–Kier alpha value is -1.92. The van der Waals surface area contributed by atoms with Gasteiger partial charge in [0.05, 0.1) is 30.3 Å². The van der Waals surface area contributed by atoms with Gasteiger partial charge in [-0.3, -0.25) is 19.2 Å². The van der Waals surface area contributed by atoms with Gasteiger partial charge in [-0.2, -0.15) is 0 Å². The van der Waals surface area contributed by atoms with E-state index in [1.54, 1.807) is 0 Å². The molecule has 0 aromatic heterocycles. The van der Waals surface area contributed by atoms with Crippen molar-refractivity contribution >= 4 is 23.9 Å². The van der Waals surface area contributed by atoms with E-state index in [1.807, 2.05) is 6.92 Å². The molecule has 2 saturated heterocycles. The molecule has 8 bridgehead atoms. The lowest BCUT2D eigenvalue weighted by Crippen LogP contribution is -2.59. The molecule has 7 heteroatoms. The Morgan fingerprint density at radius 2 is 1.33 bits per heavy atom. The molecule has 8 saturated carbocycles. The molecule has 10 aliphatic rings. The largest absolute Gasteiger partial charge is 0.465 e. The van der Waals surface area contributed by atoms with Crippen molar-refractivity contribution in [2.45, 2.75) is 170 Å². The molecule has 2 aliphatic heterocycles. The summed E-state index contributed by atoms with van der Waals surface area (Å²) in [5.74, 6) is 2.65. The van der Waals surface area contributed by atoms with Crippen LogP contribution in [0.3, 0.4) is 0 Å². The minimum absolute atomic E-state index is 0. The van der Waals surface area contributed by atoms with Crippen molar-refractivity contribution in [1.82, 2.24) is 0 Å². The van der Waals surface area contributed by atoms with Crippen molar-refractivity contribution in [2.75, 3.05) is 6.61 Å². The van der Waals surface area contributed by atoms with E-state index in [0.717, 1.165) is 56.3 Å². The summed E-state index contributed by atoms with van der Waals surface area (Å²) >= 11 is 0. The molecular formula is C47H86O7. The first-order valence-corrected chi connectivity index (χ1v) is 19.2. The fourth-order valence-corrected chi connectivity index (χ4v) is 15.1. The average Bonchev–Trinajstić information content (AvgIpc) is 3.85. The average molecular weight is 763 g/mol. The van der Waals surface area contributed by atoms with Gasteiger partial charge >= 0.3 is 23.9 Å². The maximum absolute atomic E-state index is 15.2. The van der Waals surface area contributed by atoms with Crippen LogP contribution in [0.5, 0.6) is 0 Å². The van der Waals surface area contributed by atoms with Crippen LogP contribution in [-0.2, 0) is 33.4 Å². The van der Waals surface area contributed by atoms with Crippen molar-refractivity contribution in [3.05, 3.63) is 0 Å². The smallest absolute Gasteiger partial charge is 0.317 e. The van der Waals surface area contributed by atoms with E-state index in [9.17, 15) is 14.4 Å². The highest BCUT2D eigenvalue weighted by Crippen LogP contribution is 2.67. The zero-order valence-corrected chi connectivity index (χ0v) is 28.3. The Kier molecular flexibility index (Phi) is 16.0. The van der Waals surface area contributed by atoms with Gasteiger partial charge in [0.15, 0.2) is 0 Å². The van der Waals surface area contributed by atoms with E-state index in [4.69, 9.17) is 14.2 Å². The van der Waals surface area contributed by atoms with Crippen LogP contribution in [0.1, 0.15) is 164 Å². The van der Waals surface area contributed by atoms with Gasteiger partial charge in [0.25, 0.3) is 0 Å². The molecular weight excluding hydrogens is 677 g/mol. The van der Waals surface area contributed by atoms with Crippen LogP contribution in [0, 0.1) is 100 Å². The fourth-order valence-electron chi connectivity index (χ4n) is 15.1. The Labute approximate surface area is 333 Å². The summed E-state index contributed by atoms with van der Waals surface area (Å²) in [6, 6.07) is 0. The van der Waals surface area contributed by atoms with Crippen molar-refractivity contribution in [2.24, 2.45) is 100 Å². The number of carbonyl (C=O) groups excluding carboxylic acids is 4. The molecule has 10 rings (SSSR count). The van der Waals surface area contributed by atoms with Crippen molar-refractivity contribution in [3.63, 3.8) is 0 Å². The Bertz CT molecular complexity index is 1300. The van der Waals surface area contributed by atoms with E-state index in [0.29, 0.717) is 42.1 Å². The first-order chi connectivity index (χ1) is 22.0. The highest BCUT2D eigenvalue weighted by atomic mass is 16.6. The second kappa shape index (κ2) is 17.3. The summed E-state index contributed by atoms with van der Waals surface area (Å²) in [6.45, 7) is 9.16. The standard InChI is InChI=1S/C39H54O7.8CH4/c1-5-38(4,39-14-20-8-21(15-39)10-22(9-20)16-39)46-35(41)28(12-25-18(2)26-13-27(25)29-17-44-36(42)33(26)29)31-23-6-7-24(11-23)32(31)30-19(3)34(40)45-37(30)43;;;;;;;;/h18-33H,5-17H2,1-4H3;8*1H4. The van der Waals surface area contributed by atoms with E-state index >= 15 is 4.79 Å². The summed E-state index contributed by atoms with van der Waals surface area (Å²) in [6.07, 6.45) is 13.4. The summed E-state index contributed by atoms with van der Waals surface area (Å²) in [5.41, 5.74) is -0.437. The lowest BCUT2D eigenvalue weighted by atomic mass is 9.45. The maximum Gasteiger partial charge on any atom is 0.317 e. The number of esters is 4. The maximum atomic E-state index is 15.2. The SMILES string of the molecule is C.C.C.C.C.C.C.C.CCC(C)(OC(=O)C(CC1C(C)C2CC1C1COC(=O)C21)C1C2CCC(C2)C1C1C(=O)OC(=O)C1C)C12CC3CC(CC(C3)C1)C2. The molecule has 0 aromatic rings. The van der Waals surface area contributed by atoms with Gasteiger partial charge in [-0.05, 0) is 149 Å². The number of carbonyl (C=O) groups is 4. The van der Waals surface area contributed by atoms with Gasteiger partial charge in [-0.25, -0.2) is 0 Å². The molecule has 14 atom stereocenters. The number of fused-ring (bicyclic) bond motifs is 7. The van der Waals surface area contributed by atoms with Crippen LogP contribution in [0.2, 0.25) is 0 Å². The number of ether oxygens (including phenoxy) is 3. The normalized spacial score (nSPS) is 45.1. The van der Waals surface area contributed by atoms with E-state index < -0.39 is 23.4 Å². The Morgan fingerprint density at radius 3 is 1.87 bits per heavy atom. The molecule has 14 unspecified atom stereocenters. The number of rotatable bonds is 8. The van der Waals surface area contributed by atoms with E-state index in [1.165, 1.54) is 38.5 Å². The Balaban J connectivity index is 0.00000182. The van der Waals surface area contributed by atoms with E-state index in [-0.39, 0.29) is 112 Å². The third-order valence-electron chi connectivity index (χ3n) is 16.9. The summed E-state index contributed by atoms with van der Waals surface area (Å²) in [7, 11) is 0. The highest BCUT2D eigenvalue weighted by molar-refractivity contribution is 5.96. The molecule has 2 heterocycles. The second-order valence-electron chi connectivity index (χ2n) is 18.5.